The lowest BCUT2D eigenvalue weighted by Crippen LogP contribution is -2.41. The Balaban J connectivity index is 3.57. The lowest BCUT2D eigenvalue weighted by atomic mass is 10.3. The highest BCUT2D eigenvalue weighted by molar-refractivity contribution is 4.66. The topological polar surface area (TPSA) is 88.0 Å². The quantitative estimate of drug-likeness (QED) is 0.282. The molecule has 0 bridgehead atoms. The summed E-state index contributed by atoms with van der Waals surface area (Å²) in [5, 5.41) is 34.2. The predicted molar refractivity (Wildman–Crippen MR) is 77.2 cm³/mol. The monoisotopic (exact) mass is 277 g/mol. The highest BCUT2D eigenvalue weighted by Gasteiger charge is 2.10. The van der Waals surface area contributed by atoms with Gasteiger partial charge in [-0.25, -0.2) is 0 Å². The summed E-state index contributed by atoms with van der Waals surface area (Å²) in [5.74, 6) is 0. The molecule has 0 saturated heterocycles. The lowest BCUT2D eigenvalue weighted by molar-refractivity contribution is 0.0842. The molecule has 5 N–H and O–H groups in total. The maximum absolute atomic E-state index is 9.38. The second-order valence-corrected chi connectivity index (χ2v) is 5.26. The van der Waals surface area contributed by atoms with Crippen molar-refractivity contribution in [2.45, 2.75) is 39.1 Å². The van der Waals surface area contributed by atoms with Crippen molar-refractivity contribution in [2.24, 2.45) is 0 Å². The summed E-state index contributed by atoms with van der Waals surface area (Å²) in [6.07, 6.45) is -1.08. The summed E-state index contributed by atoms with van der Waals surface area (Å²) in [5.41, 5.74) is 0. The number of aliphatic hydroxyl groups excluding tert-OH is 3. The first-order valence-corrected chi connectivity index (χ1v) is 7.09. The maximum Gasteiger partial charge on any atom is 0.0639 e. The zero-order valence-corrected chi connectivity index (χ0v) is 12.5. The van der Waals surface area contributed by atoms with Crippen LogP contribution in [0, 0.1) is 0 Å². The van der Waals surface area contributed by atoms with E-state index in [4.69, 9.17) is 5.11 Å². The molecule has 0 aliphatic heterocycles. The van der Waals surface area contributed by atoms with Crippen LogP contribution in [0.25, 0.3) is 0 Å². The van der Waals surface area contributed by atoms with E-state index in [2.05, 4.69) is 10.6 Å². The summed E-state index contributed by atoms with van der Waals surface area (Å²) in [7, 11) is 0. The van der Waals surface area contributed by atoms with Crippen molar-refractivity contribution >= 4 is 0 Å². The molecular formula is C13H31N3O3. The molecule has 0 fully saturated rings. The molecule has 0 aliphatic rings. The van der Waals surface area contributed by atoms with E-state index >= 15 is 0 Å². The first kappa shape index (κ1) is 18.8. The minimum absolute atomic E-state index is 0.312. The third-order valence-electron chi connectivity index (χ3n) is 2.57. The molecule has 0 radical (unpaired) electrons. The molecule has 0 spiro atoms. The summed E-state index contributed by atoms with van der Waals surface area (Å²) < 4.78 is 0. The van der Waals surface area contributed by atoms with E-state index in [1.54, 1.807) is 20.8 Å². The Kier molecular flexibility index (Phi) is 11.4. The number of rotatable bonds is 12. The van der Waals surface area contributed by atoms with Crippen LogP contribution in [0.4, 0.5) is 0 Å². The van der Waals surface area contributed by atoms with Gasteiger partial charge in [-0.05, 0) is 20.8 Å². The summed E-state index contributed by atoms with van der Waals surface area (Å²) in [4.78, 5) is 2.05. The summed E-state index contributed by atoms with van der Waals surface area (Å²) in [6, 6.07) is 0. The van der Waals surface area contributed by atoms with Gasteiger partial charge in [0.1, 0.15) is 0 Å². The second kappa shape index (κ2) is 11.6. The Hall–Kier alpha value is -0.240. The molecule has 116 valence electrons. The Bertz CT molecular complexity index is 192. The predicted octanol–water partition coefficient (Wildman–Crippen LogP) is -1.39. The van der Waals surface area contributed by atoms with Crippen LogP contribution in [0.5, 0.6) is 0 Å². The highest BCUT2D eigenvalue weighted by atomic mass is 16.3. The molecule has 6 heteroatoms. The normalized spacial score (nSPS) is 16.6. The average molecular weight is 277 g/mol. The number of aliphatic hydroxyl groups is 3. The molecule has 3 unspecified atom stereocenters. The van der Waals surface area contributed by atoms with Gasteiger partial charge < -0.3 is 26.0 Å². The van der Waals surface area contributed by atoms with Gasteiger partial charge in [-0.15, -0.1) is 0 Å². The number of hydrogen-bond donors (Lipinski definition) is 5. The van der Waals surface area contributed by atoms with Gasteiger partial charge in [0.15, 0.2) is 0 Å². The molecule has 0 aromatic carbocycles. The molecule has 3 atom stereocenters. The van der Waals surface area contributed by atoms with Crippen molar-refractivity contribution in [1.29, 1.82) is 0 Å². The minimum atomic E-state index is -0.383. The number of nitrogens with one attached hydrogen (secondary N) is 2. The van der Waals surface area contributed by atoms with Crippen molar-refractivity contribution in [3.05, 3.63) is 0 Å². The van der Waals surface area contributed by atoms with E-state index in [1.807, 2.05) is 4.90 Å². The highest BCUT2D eigenvalue weighted by Crippen LogP contribution is 1.94. The van der Waals surface area contributed by atoms with Crippen LogP contribution in [0.3, 0.4) is 0 Å². The fraction of sp³-hybridized carbons (Fsp3) is 1.00. The molecule has 0 rings (SSSR count). The fourth-order valence-electron chi connectivity index (χ4n) is 1.85. The van der Waals surface area contributed by atoms with Gasteiger partial charge in [-0.1, -0.05) is 0 Å². The lowest BCUT2D eigenvalue weighted by Gasteiger charge is -2.25. The Morgan fingerprint density at radius 2 is 1.32 bits per heavy atom. The van der Waals surface area contributed by atoms with Gasteiger partial charge in [-0.2, -0.15) is 0 Å². The van der Waals surface area contributed by atoms with Crippen LogP contribution >= 0.6 is 0 Å². The van der Waals surface area contributed by atoms with E-state index in [-0.39, 0.29) is 18.3 Å². The third kappa shape index (κ3) is 14.0. The number of hydrogen-bond acceptors (Lipinski definition) is 6. The van der Waals surface area contributed by atoms with Crippen molar-refractivity contribution in [2.75, 3.05) is 45.8 Å². The molecular weight excluding hydrogens is 246 g/mol. The zero-order chi connectivity index (χ0) is 14.7. The van der Waals surface area contributed by atoms with Crippen LogP contribution < -0.4 is 10.6 Å². The molecule has 0 saturated carbocycles. The molecule has 6 nitrogen and oxygen atoms in total. The second-order valence-electron chi connectivity index (χ2n) is 5.26. The largest absolute Gasteiger partial charge is 0.392 e. The van der Waals surface area contributed by atoms with Crippen LogP contribution in [-0.4, -0.2) is 84.3 Å². The summed E-state index contributed by atoms with van der Waals surface area (Å²) in [6.45, 7) is 10.3. The Morgan fingerprint density at radius 3 is 1.79 bits per heavy atom. The van der Waals surface area contributed by atoms with Crippen molar-refractivity contribution in [1.82, 2.24) is 15.5 Å². The van der Waals surface area contributed by atoms with E-state index in [0.717, 1.165) is 26.2 Å². The van der Waals surface area contributed by atoms with Crippen LogP contribution in [-0.2, 0) is 0 Å². The van der Waals surface area contributed by atoms with Crippen LogP contribution in [0.15, 0.2) is 0 Å². The molecule has 19 heavy (non-hydrogen) atoms. The average Bonchev–Trinajstić information content (AvgIpc) is 2.25. The smallest absolute Gasteiger partial charge is 0.0639 e. The van der Waals surface area contributed by atoms with Gasteiger partial charge >= 0.3 is 0 Å². The van der Waals surface area contributed by atoms with Crippen molar-refractivity contribution < 1.29 is 15.3 Å². The van der Waals surface area contributed by atoms with Gasteiger partial charge in [0.2, 0.25) is 0 Å². The van der Waals surface area contributed by atoms with Crippen molar-refractivity contribution in [3.63, 3.8) is 0 Å². The maximum atomic E-state index is 9.38. The third-order valence-corrected chi connectivity index (χ3v) is 2.57. The first-order valence-electron chi connectivity index (χ1n) is 7.09. The van der Waals surface area contributed by atoms with Gasteiger partial charge in [0, 0.05) is 45.8 Å². The Labute approximate surface area is 116 Å². The van der Waals surface area contributed by atoms with E-state index in [9.17, 15) is 10.2 Å². The van der Waals surface area contributed by atoms with Gasteiger partial charge in [0.25, 0.3) is 0 Å². The van der Waals surface area contributed by atoms with Crippen LogP contribution in [0.1, 0.15) is 20.8 Å². The van der Waals surface area contributed by atoms with E-state index < -0.39 is 0 Å². The SMILES string of the molecule is CC(O)CNCCNCCN(CC(C)O)CC(C)O. The summed E-state index contributed by atoms with van der Waals surface area (Å²) >= 11 is 0. The molecule has 0 heterocycles. The Morgan fingerprint density at radius 1 is 0.789 bits per heavy atom. The molecule has 0 aromatic rings. The molecule has 0 aromatic heterocycles. The number of nitrogens with zero attached hydrogens (tertiary/aromatic N) is 1. The van der Waals surface area contributed by atoms with Gasteiger partial charge in [0.05, 0.1) is 18.3 Å². The molecule has 0 aliphatic carbocycles. The molecule has 0 amide bonds. The fourth-order valence-corrected chi connectivity index (χ4v) is 1.85. The minimum Gasteiger partial charge on any atom is -0.392 e. The van der Waals surface area contributed by atoms with Gasteiger partial charge in [-0.3, -0.25) is 4.90 Å². The standard InChI is InChI=1S/C13H31N3O3/c1-11(17)8-15-5-4-14-6-7-16(9-12(2)18)10-13(3)19/h11-15,17-19H,4-10H2,1-3H3. The zero-order valence-electron chi connectivity index (χ0n) is 12.5. The van der Waals surface area contributed by atoms with E-state index in [1.165, 1.54) is 0 Å². The first-order chi connectivity index (χ1) is 8.91. The van der Waals surface area contributed by atoms with Crippen molar-refractivity contribution in [3.8, 4) is 0 Å². The van der Waals surface area contributed by atoms with Crippen LogP contribution in [0.2, 0.25) is 0 Å². The van der Waals surface area contributed by atoms with E-state index in [0.29, 0.717) is 19.6 Å².